The van der Waals surface area contributed by atoms with E-state index >= 15 is 0 Å². The number of allylic oxidation sites excluding steroid dienone is 4. The summed E-state index contributed by atoms with van der Waals surface area (Å²) in [6, 6.07) is -0.267. The van der Waals surface area contributed by atoms with Gasteiger partial charge in [0.25, 0.3) is 0 Å². The summed E-state index contributed by atoms with van der Waals surface area (Å²) in [5.74, 6) is -0.511. The molecule has 0 aromatic heterocycles. The molecule has 0 aliphatic carbocycles. The van der Waals surface area contributed by atoms with Crippen LogP contribution in [-0.2, 0) is 9.53 Å². The Hall–Kier alpha value is -3.02. The Morgan fingerprint density at radius 2 is 2.08 bits per heavy atom. The summed E-state index contributed by atoms with van der Waals surface area (Å²) in [5.41, 5.74) is 8.48. The number of nitrogens with one attached hydrogen (secondary N) is 1. The molecule has 1 aliphatic heterocycles. The Kier molecular flexibility index (Phi) is 7.46. The summed E-state index contributed by atoms with van der Waals surface area (Å²) in [5, 5.41) is 8.48. The van der Waals surface area contributed by atoms with Crippen molar-refractivity contribution in [1.29, 1.82) is 0 Å². The molecule has 0 saturated carbocycles. The minimum Gasteiger partial charge on any atom is -0.504 e. The van der Waals surface area contributed by atoms with Gasteiger partial charge in [0.05, 0.1) is 19.4 Å². The molecule has 0 spiro atoms. The molecule has 1 amide bonds. The fourth-order valence-electron chi connectivity index (χ4n) is 2.26. The summed E-state index contributed by atoms with van der Waals surface area (Å²) < 4.78 is 5.03. The summed E-state index contributed by atoms with van der Waals surface area (Å²) in [7, 11) is 3.14. The van der Waals surface area contributed by atoms with Crippen molar-refractivity contribution < 1.29 is 9.53 Å². The lowest BCUT2D eigenvalue weighted by Crippen LogP contribution is -2.37. The predicted octanol–water partition coefficient (Wildman–Crippen LogP) is 2.22. The summed E-state index contributed by atoms with van der Waals surface area (Å²) in [6.07, 6.45) is 10.3. The molecule has 0 saturated heterocycles. The summed E-state index contributed by atoms with van der Waals surface area (Å²) in [6.45, 7) is 13.3. The number of ether oxygens (including phenoxy) is 1. The first kappa shape index (κ1) is 20.0. The molecule has 6 nitrogen and oxygen atoms in total. The maximum absolute atomic E-state index is 12.0. The van der Waals surface area contributed by atoms with Gasteiger partial charge in [-0.3, -0.25) is 9.80 Å². The third-order valence-corrected chi connectivity index (χ3v) is 3.66. The van der Waals surface area contributed by atoms with Crippen molar-refractivity contribution in [2.24, 2.45) is 16.8 Å². The molecule has 134 valence electrons. The van der Waals surface area contributed by atoms with Crippen LogP contribution in [0.5, 0.6) is 0 Å². The standard InChI is InChI=1S/C19H26N4O2/c1-7-23-18(17(11-22-23)19(24)21-5)9-8-15(13(2)3)10-16(12-25-6)14(4)20/h7-12,17-18H,1-2,4,20H2,3,5-6H3,(H,21,24)/b9-8+,15-10-,16-12-. The molecule has 3 N–H and O–H groups in total. The normalized spacial score (nSPS) is 20.7. The maximum atomic E-state index is 12.0. The quantitative estimate of drug-likeness (QED) is 0.524. The number of nitrogens with two attached hydrogens (primary N) is 1. The van der Waals surface area contributed by atoms with Gasteiger partial charge < -0.3 is 15.8 Å². The van der Waals surface area contributed by atoms with Crippen molar-refractivity contribution in [1.82, 2.24) is 10.3 Å². The first-order chi connectivity index (χ1) is 11.8. The smallest absolute Gasteiger partial charge is 0.230 e. The fourth-order valence-corrected chi connectivity index (χ4v) is 2.26. The van der Waals surface area contributed by atoms with E-state index in [-0.39, 0.29) is 11.9 Å². The molecule has 0 radical (unpaired) electrons. The van der Waals surface area contributed by atoms with Crippen molar-refractivity contribution in [2.75, 3.05) is 14.2 Å². The first-order valence-electron chi connectivity index (χ1n) is 7.75. The number of amides is 1. The highest BCUT2D eigenvalue weighted by molar-refractivity contribution is 5.95. The SMILES string of the molecule is C=CN1N=CC(C(=O)NC)C1/C=C/C(=C/C(=C/OC)C(=C)N)C(=C)C. The monoisotopic (exact) mass is 342 g/mol. The zero-order chi connectivity index (χ0) is 19.0. The second-order valence-electron chi connectivity index (χ2n) is 5.53. The van der Waals surface area contributed by atoms with Crippen LogP contribution in [0.4, 0.5) is 0 Å². The van der Waals surface area contributed by atoms with E-state index in [9.17, 15) is 4.79 Å². The molecule has 2 atom stereocenters. The van der Waals surface area contributed by atoms with Gasteiger partial charge in [0.2, 0.25) is 5.91 Å². The van der Waals surface area contributed by atoms with Gasteiger partial charge in [-0.25, -0.2) is 0 Å². The highest BCUT2D eigenvalue weighted by Crippen LogP contribution is 2.22. The second-order valence-corrected chi connectivity index (χ2v) is 5.53. The van der Waals surface area contributed by atoms with Crippen LogP contribution in [0.2, 0.25) is 0 Å². The van der Waals surface area contributed by atoms with Crippen LogP contribution in [0.25, 0.3) is 0 Å². The lowest BCUT2D eigenvalue weighted by Gasteiger charge is -2.21. The van der Waals surface area contributed by atoms with Gasteiger partial charge in [0, 0.05) is 30.7 Å². The minimum absolute atomic E-state index is 0.112. The lowest BCUT2D eigenvalue weighted by atomic mass is 9.97. The average molecular weight is 342 g/mol. The van der Waals surface area contributed by atoms with Crippen molar-refractivity contribution >= 4 is 12.1 Å². The molecule has 0 fully saturated rings. The van der Waals surface area contributed by atoms with Crippen LogP contribution in [-0.4, -0.2) is 37.3 Å². The third kappa shape index (κ3) is 5.24. The van der Waals surface area contributed by atoms with E-state index in [1.165, 1.54) is 6.26 Å². The Morgan fingerprint density at radius 3 is 2.56 bits per heavy atom. The predicted molar refractivity (Wildman–Crippen MR) is 102 cm³/mol. The molecule has 0 aromatic carbocycles. The zero-order valence-electron chi connectivity index (χ0n) is 15.0. The van der Waals surface area contributed by atoms with Crippen LogP contribution in [0, 0.1) is 5.92 Å². The van der Waals surface area contributed by atoms with E-state index in [1.54, 1.807) is 31.6 Å². The molecule has 25 heavy (non-hydrogen) atoms. The van der Waals surface area contributed by atoms with Crippen LogP contribution in [0.1, 0.15) is 6.92 Å². The van der Waals surface area contributed by atoms with Gasteiger partial charge in [-0.2, -0.15) is 5.10 Å². The molecule has 1 rings (SSSR count). The molecule has 2 unspecified atom stereocenters. The highest BCUT2D eigenvalue weighted by Gasteiger charge is 2.32. The number of carbonyl (C=O) groups is 1. The first-order valence-corrected chi connectivity index (χ1v) is 7.75. The summed E-state index contributed by atoms with van der Waals surface area (Å²) >= 11 is 0. The number of carbonyl (C=O) groups excluding carboxylic acids is 1. The van der Waals surface area contributed by atoms with Gasteiger partial charge in [-0.15, -0.1) is 0 Å². The van der Waals surface area contributed by atoms with Crippen LogP contribution in [0.3, 0.4) is 0 Å². The van der Waals surface area contributed by atoms with Crippen molar-refractivity contribution in [3.8, 4) is 0 Å². The Balaban J connectivity index is 3.17. The minimum atomic E-state index is -0.399. The molecule has 1 heterocycles. The zero-order valence-corrected chi connectivity index (χ0v) is 15.0. The number of nitrogens with zero attached hydrogens (tertiary/aromatic N) is 2. The second kappa shape index (κ2) is 9.32. The van der Waals surface area contributed by atoms with Crippen molar-refractivity contribution in [3.63, 3.8) is 0 Å². The Morgan fingerprint density at radius 1 is 1.40 bits per heavy atom. The maximum Gasteiger partial charge on any atom is 0.230 e. The Labute approximate surface area is 149 Å². The number of hydrazone groups is 1. The topological polar surface area (TPSA) is 80.0 Å². The molecule has 0 bridgehead atoms. The molecular formula is C19H26N4O2. The van der Waals surface area contributed by atoms with Gasteiger partial charge in [-0.05, 0) is 18.6 Å². The van der Waals surface area contributed by atoms with Crippen LogP contribution in [0.15, 0.2) is 77.9 Å². The number of hydrogen-bond acceptors (Lipinski definition) is 5. The van der Waals surface area contributed by atoms with E-state index in [0.29, 0.717) is 11.3 Å². The largest absolute Gasteiger partial charge is 0.504 e. The van der Waals surface area contributed by atoms with E-state index in [1.807, 2.05) is 25.2 Å². The van der Waals surface area contributed by atoms with Crippen LogP contribution >= 0.6 is 0 Å². The highest BCUT2D eigenvalue weighted by atomic mass is 16.5. The van der Waals surface area contributed by atoms with Crippen molar-refractivity contribution in [2.45, 2.75) is 13.0 Å². The molecular weight excluding hydrogens is 316 g/mol. The Bertz CT molecular complexity index is 671. The summed E-state index contributed by atoms with van der Waals surface area (Å²) in [4.78, 5) is 12.0. The number of methoxy groups -OCH3 is 1. The van der Waals surface area contributed by atoms with Gasteiger partial charge in [-0.1, -0.05) is 37.5 Å². The van der Waals surface area contributed by atoms with Crippen LogP contribution < -0.4 is 11.1 Å². The van der Waals surface area contributed by atoms with Gasteiger partial charge in [0.1, 0.15) is 5.92 Å². The fraction of sp³-hybridized carbons (Fsp3) is 0.263. The molecule has 1 aliphatic rings. The number of hydrogen-bond donors (Lipinski definition) is 2. The van der Waals surface area contributed by atoms with E-state index in [0.717, 1.165) is 11.1 Å². The van der Waals surface area contributed by atoms with Crippen molar-refractivity contribution in [3.05, 3.63) is 72.8 Å². The molecule has 6 heteroatoms. The lowest BCUT2D eigenvalue weighted by molar-refractivity contribution is -0.123. The third-order valence-electron chi connectivity index (χ3n) is 3.66. The van der Waals surface area contributed by atoms with Gasteiger partial charge in [0.15, 0.2) is 0 Å². The average Bonchev–Trinajstić information content (AvgIpc) is 2.99. The van der Waals surface area contributed by atoms with E-state index < -0.39 is 5.92 Å². The molecule has 0 aromatic rings. The van der Waals surface area contributed by atoms with E-state index in [4.69, 9.17) is 10.5 Å². The number of rotatable bonds is 8. The van der Waals surface area contributed by atoms with E-state index in [2.05, 4.69) is 30.2 Å². The van der Waals surface area contributed by atoms with Gasteiger partial charge >= 0.3 is 0 Å².